The number of amides is 1. The lowest BCUT2D eigenvalue weighted by Gasteiger charge is -2.39. The van der Waals surface area contributed by atoms with Gasteiger partial charge in [0, 0.05) is 37.8 Å². The molecule has 3 atom stereocenters. The van der Waals surface area contributed by atoms with Gasteiger partial charge in [-0.1, -0.05) is 25.0 Å². The van der Waals surface area contributed by atoms with Gasteiger partial charge in [0.05, 0.1) is 12.4 Å². The maximum absolute atomic E-state index is 12.9. The number of carbonyl (C=O) groups is 1. The van der Waals surface area contributed by atoms with Crippen LogP contribution in [-0.2, 0) is 21.3 Å². The monoisotopic (exact) mass is 479 g/mol. The van der Waals surface area contributed by atoms with Crippen LogP contribution in [0.3, 0.4) is 0 Å². The molecule has 3 rings (SSSR count). The molecule has 1 saturated heterocycles. The zero-order valence-corrected chi connectivity index (χ0v) is 21.0. The summed E-state index contributed by atoms with van der Waals surface area (Å²) in [4.78, 5) is 15.5. The van der Waals surface area contributed by atoms with Crippen molar-refractivity contribution < 1.29 is 17.9 Å². The van der Waals surface area contributed by atoms with E-state index in [1.54, 1.807) is 19.1 Å². The first-order chi connectivity index (χ1) is 15.9. The normalized spacial score (nSPS) is 24.5. The van der Waals surface area contributed by atoms with Gasteiger partial charge in [0.15, 0.2) is 0 Å². The third-order valence-corrected chi connectivity index (χ3v) is 8.32. The molecule has 0 spiro atoms. The first-order valence-electron chi connectivity index (χ1n) is 12.6. The Morgan fingerprint density at radius 1 is 1.09 bits per heavy atom. The van der Waals surface area contributed by atoms with Crippen LogP contribution in [-0.4, -0.2) is 63.9 Å². The number of benzene rings is 1. The van der Waals surface area contributed by atoms with E-state index in [2.05, 4.69) is 21.9 Å². The summed E-state index contributed by atoms with van der Waals surface area (Å²) >= 11 is 0. The quantitative estimate of drug-likeness (QED) is 0.509. The third kappa shape index (κ3) is 8.35. The van der Waals surface area contributed by atoms with E-state index in [4.69, 9.17) is 4.74 Å². The molecule has 2 N–H and O–H groups in total. The van der Waals surface area contributed by atoms with E-state index in [0.717, 1.165) is 57.7 Å². The van der Waals surface area contributed by atoms with Crippen LogP contribution in [0.1, 0.15) is 68.3 Å². The standard InChI is InChI=1S/C25H41N3O4S/c1-3-32-19-21-8-7-15-28(17-21)18-23-9-5-6-10-24(23)27-25(29)22-13-11-20(12-14-22)16-26-33(30,31)4-2/h11-14,21,23-24,26H,3-10,15-19H2,1-2H3,(H,27,29)/t21-,23-,24+/m1/s1. The van der Waals surface area contributed by atoms with Crippen molar-refractivity contribution in [3.8, 4) is 0 Å². The van der Waals surface area contributed by atoms with Crippen LogP contribution in [0.15, 0.2) is 24.3 Å². The van der Waals surface area contributed by atoms with Gasteiger partial charge in [-0.2, -0.15) is 0 Å². The van der Waals surface area contributed by atoms with Gasteiger partial charge >= 0.3 is 0 Å². The van der Waals surface area contributed by atoms with Crippen LogP contribution in [0, 0.1) is 11.8 Å². The van der Waals surface area contributed by atoms with Gasteiger partial charge in [0.25, 0.3) is 5.91 Å². The Labute approximate surface area is 199 Å². The number of hydrogen-bond acceptors (Lipinski definition) is 5. The molecule has 0 unspecified atom stereocenters. The number of likely N-dealkylation sites (tertiary alicyclic amines) is 1. The van der Waals surface area contributed by atoms with E-state index >= 15 is 0 Å². The highest BCUT2D eigenvalue weighted by Gasteiger charge is 2.30. The van der Waals surface area contributed by atoms with E-state index in [1.165, 1.54) is 19.3 Å². The van der Waals surface area contributed by atoms with Crippen molar-refractivity contribution in [1.29, 1.82) is 0 Å². The highest BCUT2D eigenvalue weighted by Crippen LogP contribution is 2.27. The van der Waals surface area contributed by atoms with Gasteiger partial charge < -0.3 is 15.0 Å². The van der Waals surface area contributed by atoms with E-state index in [-0.39, 0.29) is 24.2 Å². The minimum atomic E-state index is -3.23. The number of nitrogens with zero attached hydrogens (tertiary/aromatic N) is 1. The molecule has 1 saturated carbocycles. The number of rotatable bonds is 11. The van der Waals surface area contributed by atoms with Crippen LogP contribution in [0.2, 0.25) is 0 Å². The minimum Gasteiger partial charge on any atom is -0.381 e. The van der Waals surface area contributed by atoms with Crippen LogP contribution in [0.25, 0.3) is 0 Å². The van der Waals surface area contributed by atoms with Gasteiger partial charge in [-0.3, -0.25) is 4.79 Å². The van der Waals surface area contributed by atoms with Crippen LogP contribution in [0.4, 0.5) is 0 Å². The number of sulfonamides is 1. The number of piperidine rings is 1. The molecular formula is C25H41N3O4S. The summed E-state index contributed by atoms with van der Waals surface area (Å²) in [5.41, 5.74) is 1.46. The van der Waals surface area contributed by atoms with Crippen molar-refractivity contribution >= 4 is 15.9 Å². The third-order valence-electron chi connectivity index (χ3n) is 6.97. The van der Waals surface area contributed by atoms with Gasteiger partial charge in [0.2, 0.25) is 10.0 Å². The summed E-state index contributed by atoms with van der Waals surface area (Å²) in [6, 6.07) is 7.40. The number of carbonyl (C=O) groups excluding carboxylic acids is 1. The summed E-state index contributed by atoms with van der Waals surface area (Å²) in [6.45, 7) is 8.82. The first kappa shape index (κ1) is 26.1. The fourth-order valence-corrected chi connectivity index (χ4v) is 5.60. The van der Waals surface area contributed by atoms with Crippen molar-refractivity contribution in [1.82, 2.24) is 14.9 Å². The van der Waals surface area contributed by atoms with Crippen molar-refractivity contribution in [3.63, 3.8) is 0 Å². The Morgan fingerprint density at radius 2 is 1.85 bits per heavy atom. The smallest absolute Gasteiger partial charge is 0.251 e. The number of nitrogens with one attached hydrogen (secondary N) is 2. The summed E-state index contributed by atoms with van der Waals surface area (Å²) in [5, 5.41) is 3.30. The molecule has 1 heterocycles. The Morgan fingerprint density at radius 3 is 2.58 bits per heavy atom. The highest BCUT2D eigenvalue weighted by atomic mass is 32.2. The summed E-state index contributed by atoms with van der Waals surface area (Å²) in [6.07, 6.45) is 7.05. The lowest BCUT2D eigenvalue weighted by atomic mass is 9.83. The molecule has 7 nitrogen and oxygen atoms in total. The van der Waals surface area contributed by atoms with Crippen molar-refractivity contribution in [2.75, 3.05) is 38.6 Å². The molecule has 0 aromatic heterocycles. The van der Waals surface area contributed by atoms with Gasteiger partial charge in [0.1, 0.15) is 0 Å². The van der Waals surface area contributed by atoms with Crippen LogP contribution < -0.4 is 10.0 Å². The summed E-state index contributed by atoms with van der Waals surface area (Å²) in [7, 11) is -3.23. The molecule has 2 fully saturated rings. The van der Waals surface area contributed by atoms with E-state index in [1.807, 2.05) is 12.1 Å². The van der Waals surface area contributed by atoms with E-state index < -0.39 is 10.0 Å². The molecule has 1 aliphatic heterocycles. The SMILES string of the molecule is CCOC[C@@H]1CCCN(C[C@H]2CCCC[C@@H]2NC(=O)c2ccc(CNS(=O)(=O)CC)cc2)C1. The number of ether oxygens (including phenoxy) is 1. The maximum atomic E-state index is 12.9. The molecule has 0 radical (unpaired) electrons. The summed E-state index contributed by atoms with van der Waals surface area (Å²) in [5.74, 6) is 1.12. The molecule has 8 heteroatoms. The largest absolute Gasteiger partial charge is 0.381 e. The maximum Gasteiger partial charge on any atom is 0.251 e. The molecule has 186 valence electrons. The molecular weight excluding hydrogens is 438 g/mol. The van der Waals surface area contributed by atoms with E-state index in [0.29, 0.717) is 17.4 Å². The molecule has 1 aliphatic carbocycles. The van der Waals surface area contributed by atoms with Gasteiger partial charge in [-0.25, -0.2) is 13.1 Å². The van der Waals surface area contributed by atoms with Gasteiger partial charge in [-0.15, -0.1) is 0 Å². The highest BCUT2D eigenvalue weighted by molar-refractivity contribution is 7.89. The molecule has 1 aromatic rings. The molecule has 1 aromatic carbocycles. The Balaban J connectivity index is 1.53. The zero-order valence-electron chi connectivity index (χ0n) is 20.2. The Hall–Kier alpha value is -1.48. The second-order valence-electron chi connectivity index (χ2n) is 9.47. The second kappa shape index (κ2) is 12.8. The fourth-order valence-electron chi connectivity index (χ4n) is 5.01. The average molecular weight is 480 g/mol. The molecule has 1 amide bonds. The van der Waals surface area contributed by atoms with Crippen molar-refractivity contribution in [3.05, 3.63) is 35.4 Å². The molecule has 2 aliphatic rings. The van der Waals surface area contributed by atoms with Crippen LogP contribution >= 0.6 is 0 Å². The van der Waals surface area contributed by atoms with Crippen molar-refractivity contribution in [2.45, 2.75) is 65.0 Å². The zero-order chi connectivity index (χ0) is 23.7. The average Bonchev–Trinajstić information content (AvgIpc) is 2.83. The predicted molar refractivity (Wildman–Crippen MR) is 132 cm³/mol. The molecule has 33 heavy (non-hydrogen) atoms. The first-order valence-corrected chi connectivity index (χ1v) is 14.2. The second-order valence-corrected chi connectivity index (χ2v) is 11.6. The summed E-state index contributed by atoms with van der Waals surface area (Å²) < 4.78 is 31.5. The van der Waals surface area contributed by atoms with E-state index in [9.17, 15) is 13.2 Å². The lowest BCUT2D eigenvalue weighted by Crippen LogP contribution is -2.48. The minimum absolute atomic E-state index is 0.0412. The number of hydrogen-bond donors (Lipinski definition) is 2. The van der Waals surface area contributed by atoms with Crippen LogP contribution in [0.5, 0.6) is 0 Å². The fraction of sp³-hybridized carbons (Fsp3) is 0.720. The Bertz CT molecular complexity index is 844. The topological polar surface area (TPSA) is 87.7 Å². The van der Waals surface area contributed by atoms with Gasteiger partial charge in [-0.05, 0) is 75.6 Å². The lowest BCUT2D eigenvalue weighted by molar-refractivity contribution is 0.0548. The molecule has 0 bridgehead atoms. The predicted octanol–water partition coefficient (Wildman–Crippen LogP) is 3.16. The Kier molecular flexibility index (Phi) is 10.2. The van der Waals surface area contributed by atoms with Crippen molar-refractivity contribution in [2.24, 2.45) is 11.8 Å².